The Morgan fingerprint density at radius 1 is 1.44 bits per heavy atom. The zero-order chi connectivity index (χ0) is 13.3. The van der Waals surface area contributed by atoms with Gasteiger partial charge in [0.1, 0.15) is 5.69 Å². The summed E-state index contributed by atoms with van der Waals surface area (Å²) in [5.41, 5.74) is 0.707. The lowest BCUT2D eigenvalue weighted by Gasteiger charge is -2.12. The number of carboxylic acid groups (broad SMARTS) is 1. The Kier molecular flexibility index (Phi) is 3.55. The quantitative estimate of drug-likeness (QED) is 0.835. The second-order valence-electron chi connectivity index (χ2n) is 5.41. The summed E-state index contributed by atoms with van der Waals surface area (Å²) in [6.07, 6.45) is 5.18. The minimum Gasteiger partial charge on any atom is -0.477 e. The Morgan fingerprint density at radius 2 is 2.17 bits per heavy atom. The molecule has 4 heteroatoms. The largest absolute Gasteiger partial charge is 0.477 e. The third-order valence-corrected chi connectivity index (χ3v) is 3.78. The van der Waals surface area contributed by atoms with Crippen LogP contribution in [-0.2, 0) is 6.54 Å². The van der Waals surface area contributed by atoms with Gasteiger partial charge in [0, 0.05) is 18.3 Å². The number of aromatic carboxylic acids is 1. The number of carboxylic acids is 1. The van der Waals surface area contributed by atoms with E-state index in [0.29, 0.717) is 18.0 Å². The number of nitrogens with zero attached hydrogens (tertiary/aromatic N) is 1. The highest BCUT2D eigenvalue weighted by molar-refractivity contribution is 5.97. The van der Waals surface area contributed by atoms with Crippen molar-refractivity contribution in [3.05, 3.63) is 23.5 Å². The van der Waals surface area contributed by atoms with E-state index in [1.165, 1.54) is 19.4 Å². The number of carbonyl (C=O) groups is 2. The molecule has 2 atom stereocenters. The smallest absolute Gasteiger partial charge is 0.352 e. The first kappa shape index (κ1) is 12.9. The van der Waals surface area contributed by atoms with Crippen LogP contribution in [0, 0.1) is 11.8 Å². The molecule has 0 saturated heterocycles. The Hall–Kier alpha value is -1.58. The summed E-state index contributed by atoms with van der Waals surface area (Å²) in [5.74, 6) is 0.209. The molecule has 0 bridgehead atoms. The van der Waals surface area contributed by atoms with E-state index in [0.717, 1.165) is 18.8 Å². The fourth-order valence-electron chi connectivity index (χ4n) is 2.80. The van der Waals surface area contributed by atoms with Gasteiger partial charge in [-0.25, -0.2) is 4.79 Å². The van der Waals surface area contributed by atoms with Gasteiger partial charge in [-0.05, 0) is 37.7 Å². The van der Waals surface area contributed by atoms with Crippen LogP contribution >= 0.6 is 0 Å². The molecular formula is C14H19NO3. The van der Waals surface area contributed by atoms with Crippen LogP contribution in [0.1, 0.15) is 54.0 Å². The Bertz CT molecular complexity index is 475. The van der Waals surface area contributed by atoms with Crippen molar-refractivity contribution in [3.8, 4) is 0 Å². The van der Waals surface area contributed by atoms with Crippen molar-refractivity contribution in [1.82, 2.24) is 4.57 Å². The molecule has 0 aromatic carbocycles. The highest BCUT2D eigenvalue weighted by atomic mass is 16.4. The molecule has 1 aliphatic rings. The number of carbonyl (C=O) groups excluding carboxylic acids is 1. The van der Waals surface area contributed by atoms with Crippen LogP contribution in [0.4, 0.5) is 0 Å². The second kappa shape index (κ2) is 4.96. The van der Waals surface area contributed by atoms with Crippen molar-refractivity contribution in [2.75, 3.05) is 0 Å². The topological polar surface area (TPSA) is 59.3 Å². The second-order valence-corrected chi connectivity index (χ2v) is 5.41. The van der Waals surface area contributed by atoms with Crippen molar-refractivity contribution in [2.45, 2.75) is 39.7 Å². The minimum atomic E-state index is -0.964. The number of rotatable bonds is 4. The Labute approximate surface area is 107 Å². The molecule has 1 N–H and O–H groups in total. The Morgan fingerprint density at radius 3 is 2.67 bits per heavy atom. The molecule has 1 aromatic rings. The van der Waals surface area contributed by atoms with Gasteiger partial charge in [0.15, 0.2) is 5.78 Å². The highest BCUT2D eigenvalue weighted by Crippen LogP contribution is 2.31. The van der Waals surface area contributed by atoms with Gasteiger partial charge in [0.25, 0.3) is 0 Å². The van der Waals surface area contributed by atoms with Crippen LogP contribution in [0.2, 0.25) is 0 Å². The molecule has 2 unspecified atom stereocenters. The lowest BCUT2D eigenvalue weighted by Crippen LogP contribution is -2.13. The molecule has 4 nitrogen and oxygen atoms in total. The maximum absolute atomic E-state index is 11.3. The van der Waals surface area contributed by atoms with Gasteiger partial charge in [0.05, 0.1) is 0 Å². The van der Waals surface area contributed by atoms with Crippen molar-refractivity contribution in [1.29, 1.82) is 0 Å². The highest BCUT2D eigenvalue weighted by Gasteiger charge is 2.23. The van der Waals surface area contributed by atoms with Crippen LogP contribution in [0.3, 0.4) is 0 Å². The van der Waals surface area contributed by atoms with E-state index >= 15 is 0 Å². The number of Topliss-reactive ketones (excluding diaryl/α,β-unsaturated/α-hetero) is 1. The molecule has 1 aromatic heterocycles. The van der Waals surface area contributed by atoms with Crippen LogP contribution in [0.15, 0.2) is 12.3 Å². The summed E-state index contributed by atoms with van der Waals surface area (Å²) in [6, 6.07) is 1.48. The van der Waals surface area contributed by atoms with E-state index < -0.39 is 5.97 Å². The van der Waals surface area contributed by atoms with Gasteiger partial charge in [-0.3, -0.25) is 4.79 Å². The fourth-order valence-corrected chi connectivity index (χ4v) is 2.80. The van der Waals surface area contributed by atoms with E-state index in [2.05, 4.69) is 6.92 Å². The maximum atomic E-state index is 11.3. The number of aromatic nitrogens is 1. The third-order valence-electron chi connectivity index (χ3n) is 3.78. The lowest BCUT2D eigenvalue weighted by atomic mass is 10.1. The average Bonchev–Trinajstić information content (AvgIpc) is 2.85. The number of hydrogen-bond acceptors (Lipinski definition) is 2. The first-order chi connectivity index (χ1) is 8.47. The molecule has 0 spiro atoms. The molecular weight excluding hydrogens is 230 g/mol. The number of ketones is 1. The fraction of sp³-hybridized carbons (Fsp3) is 0.571. The summed E-state index contributed by atoms with van der Waals surface area (Å²) in [5, 5.41) is 9.15. The predicted molar refractivity (Wildman–Crippen MR) is 67.9 cm³/mol. The third kappa shape index (κ3) is 2.63. The minimum absolute atomic E-state index is 0.0870. The monoisotopic (exact) mass is 249 g/mol. The summed E-state index contributed by atoms with van der Waals surface area (Å²) in [4.78, 5) is 22.5. The van der Waals surface area contributed by atoms with Gasteiger partial charge < -0.3 is 9.67 Å². The molecule has 0 radical (unpaired) electrons. The number of hydrogen-bond donors (Lipinski definition) is 1. The van der Waals surface area contributed by atoms with E-state index in [9.17, 15) is 9.59 Å². The van der Waals surface area contributed by atoms with Crippen LogP contribution in [-0.4, -0.2) is 21.4 Å². The van der Waals surface area contributed by atoms with Crippen LogP contribution in [0.25, 0.3) is 0 Å². The molecule has 1 aliphatic carbocycles. The first-order valence-corrected chi connectivity index (χ1v) is 6.41. The summed E-state index contributed by atoms with van der Waals surface area (Å²) >= 11 is 0. The maximum Gasteiger partial charge on any atom is 0.352 e. The Balaban J connectivity index is 2.20. The zero-order valence-electron chi connectivity index (χ0n) is 10.8. The van der Waals surface area contributed by atoms with Gasteiger partial charge in [0.2, 0.25) is 0 Å². The molecule has 2 rings (SSSR count). The van der Waals surface area contributed by atoms with Crippen molar-refractivity contribution in [3.63, 3.8) is 0 Å². The average molecular weight is 249 g/mol. The van der Waals surface area contributed by atoms with Gasteiger partial charge >= 0.3 is 5.97 Å². The van der Waals surface area contributed by atoms with Crippen LogP contribution in [0.5, 0.6) is 0 Å². The van der Waals surface area contributed by atoms with Gasteiger partial charge in [-0.2, -0.15) is 0 Å². The molecule has 0 aliphatic heterocycles. The zero-order valence-corrected chi connectivity index (χ0v) is 10.8. The van der Waals surface area contributed by atoms with E-state index in [-0.39, 0.29) is 11.5 Å². The van der Waals surface area contributed by atoms with Crippen molar-refractivity contribution < 1.29 is 14.7 Å². The van der Waals surface area contributed by atoms with Crippen molar-refractivity contribution in [2.24, 2.45) is 11.8 Å². The standard InChI is InChI=1S/C14H19NO3/c1-9-3-4-11(5-9)7-15-8-12(10(2)16)6-13(15)14(17)18/h6,8-9,11H,3-5,7H2,1-2H3,(H,17,18). The normalized spacial score (nSPS) is 23.2. The van der Waals surface area contributed by atoms with Crippen LogP contribution < -0.4 is 0 Å². The molecule has 1 heterocycles. The summed E-state index contributed by atoms with van der Waals surface area (Å²) in [7, 11) is 0. The van der Waals surface area contributed by atoms with Gasteiger partial charge in [-0.15, -0.1) is 0 Å². The molecule has 0 amide bonds. The predicted octanol–water partition coefficient (Wildman–Crippen LogP) is 2.83. The summed E-state index contributed by atoms with van der Waals surface area (Å²) < 4.78 is 1.72. The van der Waals surface area contributed by atoms with E-state index in [1.807, 2.05) is 0 Å². The van der Waals surface area contributed by atoms with E-state index in [1.54, 1.807) is 10.8 Å². The van der Waals surface area contributed by atoms with E-state index in [4.69, 9.17) is 5.11 Å². The molecule has 18 heavy (non-hydrogen) atoms. The van der Waals surface area contributed by atoms with Gasteiger partial charge in [-0.1, -0.05) is 13.3 Å². The molecule has 1 saturated carbocycles. The SMILES string of the molecule is CC(=O)c1cc(C(=O)O)n(CC2CCC(C)C2)c1. The molecule has 1 fully saturated rings. The first-order valence-electron chi connectivity index (χ1n) is 6.41. The summed E-state index contributed by atoms with van der Waals surface area (Å²) in [6.45, 7) is 4.40. The molecule has 98 valence electrons. The van der Waals surface area contributed by atoms with Crippen molar-refractivity contribution >= 4 is 11.8 Å². The lowest BCUT2D eigenvalue weighted by molar-refractivity contribution is 0.0684.